The smallest absolute Gasteiger partial charge is 0.306 e. The maximum atomic E-state index is 11.7. The van der Waals surface area contributed by atoms with E-state index in [1.54, 1.807) is 0 Å². The highest BCUT2D eigenvalue weighted by Gasteiger charge is 2.26. The number of carboxylic acid groups (broad SMARTS) is 1. The number of aliphatic carboxylic acids is 1. The standard InChI is InChI=1S/C13H24N2O3/c1-9(6-7-14)12(16)15-8-10-2-4-11(5-3-10)13(17)18/h9-11H,2-8,14H2,1H3,(H,15,16)(H,17,18). The molecule has 0 radical (unpaired) electrons. The summed E-state index contributed by atoms with van der Waals surface area (Å²) in [4.78, 5) is 22.5. The molecule has 18 heavy (non-hydrogen) atoms. The van der Waals surface area contributed by atoms with Crippen molar-refractivity contribution in [1.29, 1.82) is 0 Å². The van der Waals surface area contributed by atoms with Gasteiger partial charge in [0.05, 0.1) is 5.92 Å². The van der Waals surface area contributed by atoms with Crippen LogP contribution in [0.4, 0.5) is 0 Å². The van der Waals surface area contributed by atoms with Crippen molar-refractivity contribution in [3.05, 3.63) is 0 Å². The molecular formula is C13H24N2O3. The van der Waals surface area contributed by atoms with Gasteiger partial charge in [-0.3, -0.25) is 9.59 Å². The number of nitrogens with one attached hydrogen (secondary N) is 1. The molecular weight excluding hydrogens is 232 g/mol. The second kappa shape index (κ2) is 7.36. The Labute approximate surface area is 108 Å². The minimum absolute atomic E-state index is 0.0367. The van der Waals surface area contributed by atoms with Crippen LogP contribution in [0.2, 0.25) is 0 Å². The molecule has 5 heteroatoms. The molecule has 0 aromatic heterocycles. The molecule has 0 aromatic carbocycles. The average Bonchev–Trinajstić information content (AvgIpc) is 2.36. The molecule has 1 aliphatic carbocycles. The summed E-state index contributed by atoms with van der Waals surface area (Å²) < 4.78 is 0. The molecule has 0 aromatic rings. The topological polar surface area (TPSA) is 92.4 Å². The van der Waals surface area contributed by atoms with Crippen LogP contribution in [-0.4, -0.2) is 30.1 Å². The second-order valence-corrected chi connectivity index (χ2v) is 5.28. The maximum absolute atomic E-state index is 11.7. The predicted octanol–water partition coefficient (Wildman–Crippen LogP) is 0.979. The fourth-order valence-electron chi connectivity index (χ4n) is 2.41. The fourth-order valence-corrected chi connectivity index (χ4v) is 2.41. The first-order valence-electron chi connectivity index (χ1n) is 6.75. The third-order valence-electron chi connectivity index (χ3n) is 3.81. The van der Waals surface area contributed by atoms with Crippen molar-refractivity contribution in [2.75, 3.05) is 13.1 Å². The summed E-state index contributed by atoms with van der Waals surface area (Å²) in [5.41, 5.74) is 5.41. The molecule has 1 amide bonds. The Bertz CT molecular complexity index is 286. The molecule has 4 N–H and O–H groups in total. The van der Waals surface area contributed by atoms with E-state index < -0.39 is 5.97 Å². The Morgan fingerprint density at radius 1 is 1.33 bits per heavy atom. The van der Waals surface area contributed by atoms with Gasteiger partial charge in [-0.25, -0.2) is 0 Å². The van der Waals surface area contributed by atoms with E-state index >= 15 is 0 Å². The van der Waals surface area contributed by atoms with Crippen molar-refractivity contribution in [2.45, 2.75) is 39.0 Å². The quantitative estimate of drug-likeness (QED) is 0.660. The Morgan fingerprint density at radius 3 is 2.44 bits per heavy atom. The van der Waals surface area contributed by atoms with Gasteiger partial charge >= 0.3 is 5.97 Å². The first-order chi connectivity index (χ1) is 8.54. The molecule has 104 valence electrons. The van der Waals surface area contributed by atoms with E-state index in [0.717, 1.165) is 25.7 Å². The van der Waals surface area contributed by atoms with E-state index in [2.05, 4.69) is 5.32 Å². The summed E-state index contributed by atoms with van der Waals surface area (Å²) in [6.07, 6.45) is 3.95. The highest BCUT2D eigenvalue weighted by Crippen LogP contribution is 2.28. The third kappa shape index (κ3) is 4.64. The summed E-state index contributed by atoms with van der Waals surface area (Å²) in [6.45, 7) is 3.07. The van der Waals surface area contributed by atoms with E-state index in [-0.39, 0.29) is 17.7 Å². The van der Waals surface area contributed by atoms with Gasteiger partial charge in [-0.2, -0.15) is 0 Å². The summed E-state index contributed by atoms with van der Waals surface area (Å²) >= 11 is 0. The van der Waals surface area contributed by atoms with Gasteiger partial charge in [0, 0.05) is 12.5 Å². The van der Waals surface area contributed by atoms with Gasteiger partial charge in [-0.05, 0) is 44.6 Å². The van der Waals surface area contributed by atoms with Crippen LogP contribution in [0.5, 0.6) is 0 Å². The Hall–Kier alpha value is -1.10. The summed E-state index contributed by atoms with van der Waals surface area (Å²) in [5, 5.41) is 11.8. The monoisotopic (exact) mass is 256 g/mol. The molecule has 0 aliphatic heterocycles. The van der Waals surface area contributed by atoms with Gasteiger partial charge in [0.25, 0.3) is 0 Å². The van der Waals surface area contributed by atoms with Gasteiger partial charge in [-0.15, -0.1) is 0 Å². The van der Waals surface area contributed by atoms with Gasteiger partial charge in [-0.1, -0.05) is 6.92 Å². The van der Waals surface area contributed by atoms with Gasteiger partial charge < -0.3 is 16.2 Å². The first kappa shape index (κ1) is 15.0. The number of amides is 1. The highest BCUT2D eigenvalue weighted by molar-refractivity contribution is 5.78. The normalized spacial score (nSPS) is 25.4. The van der Waals surface area contributed by atoms with Crippen LogP contribution in [0.3, 0.4) is 0 Å². The minimum atomic E-state index is -0.686. The van der Waals surface area contributed by atoms with Crippen molar-refractivity contribution in [2.24, 2.45) is 23.5 Å². The SMILES string of the molecule is CC(CCN)C(=O)NCC1CCC(C(=O)O)CC1. The zero-order chi connectivity index (χ0) is 13.5. The van der Waals surface area contributed by atoms with E-state index in [1.165, 1.54) is 0 Å². The molecule has 0 spiro atoms. The van der Waals surface area contributed by atoms with Crippen molar-refractivity contribution in [3.63, 3.8) is 0 Å². The zero-order valence-corrected chi connectivity index (χ0v) is 11.0. The van der Waals surface area contributed by atoms with Gasteiger partial charge in [0.2, 0.25) is 5.91 Å². The van der Waals surface area contributed by atoms with Crippen molar-refractivity contribution in [1.82, 2.24) is 5.32 Å². The van der Waals surface area contributed by atoms with Crippen molar-refractivity contribution in [3.8, 4) is 0 Å². The molecule has 1 saturated carbocycles. The lowest BCUT2D eigenvalue weighted by atomic mass is 9.82. The lowest BCUT2D eigenvalue weighted by Gasteiger charge is -2.26. The van der Waals surface area contributed by atoms with E-state index in [1.807, 2.05) is 6.92 Å². The van der Waals surface area contributed by atoms with E-state index in [9.17, 15) is 9.59 Å². The number of carboxylic acids is 1. The molecule has 1 atom stereocenters. The van der Waals surface area contributed by atoms with Crippen LogP contribution >= 0.6 is 0 Å². The van der Waals surface area contributed by atoms with Crippen LogP contribution in [0, 0.1) is 17.8 Å². The molecule has 1 aliphatic rings. The van der Waals surface area contributed by atoms with Crippen LogP contribution in [0.1, 0.15) is 39.0 Å². The number of hydrogen-bond donors (Lipinski definition) is 3. The molecule has 1 unspecified atom stereocenters. The number of carbonyl (C=O) groups excluding carboxylic acids is 1. The van der Waals surface area contributed by atoms with E-state index in [4.69, 9.17) is 10.8 Å². The maximum Gasteiger partial charge on any atom is 0.306 e. The van der Waals surface area contributed by atoms with Crippen molar-refractivity contribution >= 4 is 11.9 Å². The number of carbonyl (C=O) groups is 2. The fraction of sp³-hybridized carbons (Fsp3) is 0.846. The summed E-state index contributed by atoms with van der Waals surface area (Å²) in [5.74, 6) is -0.428. The lowest BCUT2D eigenvalue weighted by molar-refractivity contribution is -0.143. The van der Waals surface area contributed by atoms with Crippen LogP contribution in [0.15, 0.2) is 0 Å². The Morgan fingerprint density at radius 2 is 1.94 bits per heavy atom. The first-order valence-corrected chi connectivity index (χ1v) is 6.75. The van der Waals surface area contributed by atoms with Gasteiger partial charge in [0.15, 0.2) is 0 Å². The van der Waals surface area contributed by atoms with Gasteiger partial charge in [0.1, 0.15) is 0 Å². The largest absolute Gasteiger partial charge is 0.481 e. The molecule has 0 heterocycles. The minimum Gasteiger partial charge on any atom is -0.481 e. The average molecular weight is 256 g/mol. The number of nitrogens with two attached hydrogens (primary N) is 1. The zero-order valence-electron chi connectivity index (χ0n) is 11.0. The molecule has 1 fully saturated rings. The molecule has 5 nitrogen and oxygen atoms in total. The van der Waals surface area contributed by atoms with Crippen molar-refractivity contribution < 1.29 is 14.7 Å². The third-order valence-corrected chi connectivity index (χ3v) is 3.81. The predicted molar refractivity (Wildman–Crippen MR) is 68.9 cm³/mol. The number of rotatable bonds is 6. The van der Waals surface area contributed by atoms with Crippen LogP contribution in [0.25, 0.3) is 0 Å². The summed E-state index contributed by atoms with van der Waals surface area (Å²) in [6, 6.07) is 0. The number of hydrogen-bond acceptors (Lipinski definition) is 3. The molecule has 0 bridgehead atoms. The molecule has 1 rings (SSSR count). The Kier molecular flexibility index (Phi) is 6.12. The Balaban J connectivity index is 2.21. The van der Waals surface area contributed by atoms with Crippen LogP contribution < -0.4 is 11.1 Å². The second-order valence-electron chi connectivity index (χ2n) is 5.28. The van der Waals surface area contributed by atoms with Crippen LogP contribution in [-0.2, 0) is 9.59 Å². The lowest BCUT2D eigenvalue weighted by Crippen LogP contribution is -2.35. The highest BCUT2D eigenvalue weighted by atomic mass is 16.4. The van der Waals surface area contributed by atoms with E-state index in [0.29, 0.717) is 25.4 Å². The molecule has 0 saturated heterocycles. The summed E-state index contributed by atoms with van der Waals surface area (Å²) in [7, 11) is 0.